The predicted octanol–water partition coefficient (Wildman–Crippen LogP) is 2.95. The van der Waals surface area contributed by atoms with Gasteiger partial charge in [0.25, 0.3) is 0 Å². The van der Waals surface area contributed by atoms with Crippen LogP contribution in [0.3, 0.4) is 0 Å². The minimum Gasteiger partial charge on any atom is -0.467 e. The SMILES string of the molecule is CC(CC(O)c1ccco1)NCc1ccc(N(C)C)cc1. The van der Waals surface area contributed by atoms with Crippen molar-refractivity contribution in [2.24, 2.45) is 0 Å². The van der Waals surface area contributed by atoms with Gasteiger partial charge in [0.15, 0.2) is 0 Å². The maximum absolute atomic E-state index is 10.0. The Balaban J connectivity index is 1.79. The molecule has 0 saturated carbocycles. The molecule has 2 atom stereocenters. The van der Waals surface area contributed by atoms with Crippen LogP contribution in [0.15, 0.2) is 47.1 Å². The molecule has 4 nitrogen and oxygen atoms in total. The van der Waals surface area contributed by atoms with Gasteiger partial charge in [0, 0.05) is 32.4 Å². The molecule has 0 aliphatic carbocycles. The van der Waals surface area contributed by atoms with E-state index in [1.807, 2.05) is 14.1 Å². The highest BCUT2D eigenvalue weighted by molar-refractivity contribution is 5.45. The molecule has 0 spiro atoms. The number of hydrogen-bond donors (Lipinski definition) is 2. The monoisotopic (exact) mass is 288 g/mol. The van der Waals surface area contributed by atoms with Gasteiger partial charge >= 0.3 is 0 Å². The van der Waals surface area contributed by atoms with E-state index in [0.29, 0.717) is 12.2 Å². The Bertz CT molecular complexity index is 520. The normalized spacial score (nSPS) is 13.9. The molecule has 1 aromatic heterocycles. The van der Waals surface area contributed by atoms with Crippen molar-refractivity contribution in [1.82, 2.24) is 5.32 Å². The third-order valence-electron chi connectivity index (χ3n) is 3.56. The van der Waals surface area contributed by atoms with E-state index in [-0.39, 0.29) is 6.04 Å². The first-order valence-corrected chi connectivity index (χ1v) is 7.27. The average molecular weight is 288 g/mol. The number of aliphatic hydroxyl groups is 1. The standard InChI is InChI=1S/C17H24N2O2/c1-13(11-16(20)17-5-4-10-21-17)18-12-14-6-8-15(9-7-14)19(2)3/h4-10,13,16,18,20H,11-12H2,1-3H3. The lowest BCUT2D eigenvalue weighted by molar-refractivity contribution is 0.128. The summed E-state index contributed by atoms with van der Waals surface area (Å²) in [7, 11) is 4.07. The van der Waals surface area contributed by atoms with E-state index in [9.17, 15) is 5.11 Å². The second kappa shape index (κ2) is 7.29. The van der Waals surface area contributed by atoms with Crippen molar-refractivity contribution in [3.63, 3.8) is 0 Å². The maximum Gasteiger partial charge on any atom is 0.132 e. The van der Waals surface area contributed by atoms with Crippen LogP contribution < -0.4 is 10.2 Å². The van der Waals surface area contributed by atoms with Gasteiger partial charge in [-0.15, -0.1) is 0 Å². The van der Waals surface area contributed by atoms with E-state index in [0.717, 1.165) is 6.54 Å². The molecule has 2 unspecified atom stereocenters. The van der Waals surface area contributed by atoms with Crippen molar-refractivity contribution in [2.75, 3.05) is 19.0 Å². The minimum absolute atomic E-state index is 0.207. The summed E-state index contributed by atoms with van der Waals surface area (Å²) in [6, 6.07) is 12.3. The van der Waals surface area contributed by atoms with Crippen LogP contribution in [0.4, 0.5) is 5.69 Å². The quantitative estimate of drug-likeness (QED) is 0.822. The van der Waals surface area contributed by atoms with Gasteiger partial charge in [-0.25, -0.2) is 0 Å². The molecule has 2 aromatic rings. The zero-order valence-corrected chi connectivity index (χ0v) is 12.9. The Morgan fingerprint density at radius 3 is 2.48 bits per heavy atom. The van der Waals surface area contributed by atoms with Gasteiger partial charge in [-0.2, -0.15) is 0 Å². The fourth-order valence-corrected chi connectivity index (χ4v) is 2.22. The number of furan rings is 1. The zero-order chi connectivity index (χ0) is 15.2. The van der Waals surface area contributed by atoms with Crippen LogP contribution in [0.5, 0.6) is 0 Å². The zero-order valence-electron chi connectivity index (χ0n) is 12.9. The molecule has 0 amide bonds. The molecular formula is C17H24N2O2. The van der Waals surface area contributed by atoms with Crippen LogP contribution in [0.2, 0.25) is 0 Å². The second-order valence-electron chi connectivity index (χ2n) is 5.61. The summed E-state index contributed by atoms with van der Waals surface area (Å²) >= 11 is 0. The molecular weight excluding hydrogens is 264 g/mol. The molecule has 0 saturated heterocycles. The first-order chi connectivity index (χ1) is 10.1. The molecule has 114 valence electrons. The summed E-state index contributed by atoms with van der Waals surface area (Å²) in [6.45, 7) is 2.86. The van der Waals surface area contributed by atoms with Crippen molar-refractivity contribution in [3.05, 3.63) is 54.0 Å². The summed E-state index contributed by atoms with van der Waals surface area (Å²) < 4.78 is 5.21. The lowest BCUT2D eigenvalue weighted by atomic mass is 10.1. The first kappa shape index (κ1) is 15.6. The van der Waals surface area contributed by atoms with Gasteiger partial charge in [-0.1, -0.05) is 12.1 Å². The van der Waals surface area contributed by atoms with Crippen molar-refractivity contribution in [1.29, 1.82) is 0 Å². The van der Waals surface area contributed by atoms with E-state index in [1.165, 1.54) is 11.3 Å². The van der Waals surface area contributed by atoms with E-state index < -0.39 is 6.10 Å². The number of aliphatic hydroxyl groups excluding tert-OH is 1. The summed E-state index contributed by atoms with van der Waals surface area (Å²) in [6.07, 6.45) is 1.66. The Hall–Kier alpha value is -1.78. The van der Waals surface area contributed by atoms with Crippen LogP contribution >= 0.6 is 0 Å². The van der Waals surface area contributed by atoms with Crippen LogP contribution in [0, 0.1) is 0 Å². The molecule has 21 heavy (non-hydrogen) atoms. The predicted molar refractivity (Wildman–Crippen MR) is 85.4 cm³/mol. The number of benzene rings is 1. The van der Waals surface area contributed by atoms with Gasteiger partial charge < -0.3 is 19.7 Å². The topological polar surface area (TPSA) is 48.6 Å². The van der Waals surface area contributed by atoms with Crippen LogP contribution in [-0.4, -0.2) is 25.2 Å². The first-order valence-electron chi connectivity index (χ1n) is 7.27. The molecule has 0 aliphatic rings. The van der Waals surface area contributed by atoms with Crippen molar-refractivity contribution < 1.29 is 9.52 Å². The fourth-order valence-electron chi connectivity index (χ4n) is 2.22. The Labute approximate surface area is 126 Å². The third kappa shape index (κ3) is 4.62. The van der Waals surface area contributed by atoms with Crippen LogP contribution in [-0.2, 0) is 6.54 Å². The third-order valence-corrected chi connectivity index (χ3v) is 3.56. The van der Waals surface area contributed by atoms with Gasteiger partial charge in [0.1, 0.15) is 11.9 Å². The van der Waals surface area contributed by atoms with Gasteiger partial charge in [-0.3, -0.25) is 0 Å². The smallest absolute Gasteiger partial charge is 0.132 e. The molecule has 0 bridgehead atoms. The summed E-state index contributed by atoms with van der Waals surface area (Å²) in [5.41, 5.74) is 2.43. The highest BCUT2D eigenvalue weighted by Gasteiger charge is 2.14. The number of rotatable bonds is 7. The Morgan fingerprint density at radius 2 is 1.90 bits per heavy atom. The Morgan fingerprint density at radius 1 is 1.19 bits per heavy atom. The highest BCUT2D eigenvalue weighted by Crippen LogP contribution is 2.19. The summed E-state index contributed by atoms with van der Waals surface area (Å²) in [4.78, 5) is 2.08. The van der Waals surface area contributed by atoms with E-state index in [4.69, 9.17) is 4.42 Å². The fraction of sp³-hybridized carbons (Fsp3) is 0.412. The molecule has 2 rings (SSSR count). The minimum atomic E-state index is -0.557. The number of hydrogen-bond acceptors (Lipinski definition) is 4. The van der Waals surface area contributed by atoms with Gasteiger partial charge in [0.05, 0.1) is 6.26 Å². The second-order valence-corrected chi connectivity index (χ2v) is 5.61. The molecule has 2 N–H and O–H groups in total. The maximum atomic E-state index is 10.0. The van der Waals surface area contributed by atoms with Crippen molar-refractivity contribution in [3.8, 4) is 0 Å². The van der Waals surface area contributed by atoms with Crippen LogP contribution in [0.25, 0.3) is 0 Å². The number of nitrogens with one attached hydrogen (secondary N) is 1. The van der Waals surface area contributed by atoms with E-state index in [1.54, 1.807) is 18.4 Å². The number of nitrogens with zero attached hydrogens (tertiary/aromatic N) is 1. The largest absolute Gasteiger partial charge is 0.467 e. The van der Waals surface area contributed by atoms with Crippen molar-refractivity contribution >= 4 is 5.69 Å². The Kier molecular flexibility index (Phi) is 5.42. The van der Waals surface area contributed by atoms with Gasteiger partial charge in [0.2, 0.25) is 0 Å². The average Bonchev–Trinajstić information content (AvgIpc) is 3.00. The molecule has 0 aliphatic heterocycles. The lowest BCUT2D eigenvalue weighted by Gasteiger charge is -2.17. The molecule has 4 heteroatoms. The van der Waals surface area contributed by atoms with E-state index in [2.05, 4.69) is 41.4 Å². The van der Waals surface area contributed by atoms with Crippen LogP contribution in [0.1, 0.15) is 30.8 Å². The molecule has 1 heterocycles. The summed E-state index contributed by atoms with van der Waals surface area (Å²) in [5.74, 6) is 0.624. The molecule has 1 aromatic carbocycles. The van der Waals surface area contributed by atoms with E-state index >= 15 is 0 Å². The van der Waals surface area contributed by atoms with Crippen molar-refractivity contribution in [2.45, 2.75) is 32.0 Å². The molecule has 0 radical (unpaired) electrons. The summed E-state index contributed by atoms with van der Waals surface area (Å²) in [5, 5.41) is 13.5. The lowest BCUT2D eigenvalue weighted by Crippen LogP contribution is -2.27. The number of anilines is 1. The van der Waals surface area contributed by atoms with Gasteiger partial charge in [-0.05, 0) is 43.2 Å². The molecule has 0 fully saturated rings. The highest BCUT2D eigenvalue weighted by atomic mass is 16.4.